The highest BCUT2D eigenvalue weighted by Gasteiger charge is 2.34. The van der Waals surface area contributed by atoms with E-state index in [4.69, 9.17) is 0 Å². The van der Waals surface area contributed by atoms with Crippen molar-refractivity contribution in [3.8, 4) is 0 Å². The van der Waals surface area contributed by atoms with Gasteiger partial charge in [0.05, 0.1) is 6.04 Å². The highest BCUT2D eigenvalue weighted by molar-refractivity contribution is 5.83. The second-order valence-electron chi connectivity index (χ2n) is 5.52. The van der Waals surface area contributed by atoms with Gasteiger partial charge in [0.1, 0.15) is 0 Å². The van der Waals surface area contributed by atoms with Crippen LogP contribution < -0.4 is 10.6 Å². The number of nitrogens with zero attached hydrogens (tertiary/aromatic N) is 1. The van der Waals surface area contributed by atoms with Gasteiger partial charge < -0.3 is 15.5 Å². The van der Waals surface area contributed by atoms with Gasteiger partial charge in [-0.05, 0) is 31.7 Å². The van der Waals surface area contributed by atoms with Crippen LogP contribution in [0.2, 0.25) is 0 Å². The van der Waals surface area contributed by atoms with Gasteiger partial charge in [-0.3, -0.25) is 9.59 Å². The van der Waals surface area contributed by atoms with Gasteiger partial charge in [0.15, 0.2) is 0 Å². The molecule has 2 heterocycles. The van der Waals surface area contributed by atoms with Gasteiger partial charge in [-0.2, -0.15) is 0 Å². The molecule has 0 aromatic rings. The molecule has 2 rings (SSSR count). The standard InChI is InChI=1S/C13H23N3O2/c1-9-5-6-14-12(9)13(18)16-7-3-4-11(8-16)15-10(2)17/h9,11-12,14H,3-8H2,1-2H3,(H,15,17). The summed E-state index contributed by atoms with van der Waals surface area (Å²) in [6, 6.07) is 0.0954. The Kier molecular flexibility index (Phi) is 4.22. The van der Waals surface area contributed by atoms with Crippen LogP contribution in [0, 0.1) is 5.92 Å². The minimum atomic E-state index is -0.0268. The minimum absolute atomic E-state index is 0.0124. The summed E-state index contributed by atoms with van der Waals surface area (Å²) in [6.45, 7) is 6.06. The number of carbonyl (C=O) groups is 2. The van der Waals surface area contributed by atoms with Crippen molar-refractivity contribution in [3.63, 3.8) is 0 Å². The van der Waals surface area contributed by atoms with Crippen molar-refractivity contribution < 1.29 is 9.59 Å². The molecule has 18 heavy (non-hydrogen) atoms. The summed E-state index contributed by atoms with van der Waals surface area (Å²) in [4.78, 5) is 25.4. The average Bonchev–Trinajstić information content (AvgIpc) is 2.74. The van der Waals surface area contributed by atoms with Crippen molar-refractivity contribution in [3.05, 3.63) is 0 Å². The first kappa shape index (κ1) is 13.3. The highest BCUT2D eigenvalue weighted by Crippen LogP contribution is 2.19. The van der Waals surface area contributed by atoms with Crippen molar-refractivity contribution in [2.24, 2.45) is 5.92 Å². The van der Waals surface area contributed by atoms with E-state index in [0.29, 0.717) is 12.5 Å². The second-order valence-corrected chi connectivity index (χ2v) is 5.52. The van der Waals surface area contributed by atoms with Gasteiger partial charge in [0, 0.05) is 26.1 Å². The van der Waals surface area contributed by atoms with Gasteiger partial charge in [-0.25, -0.2) is 0 Å². The number of hydrogen-bond acceptors (Lipinski definition) is 3. The lowest BCUT2D eigenvalue weighted by molar-refractivity contribution is -0.136. The second kappa shape index (κ2) is 5.69. The maximum Gasteiger partial charge on any atom is 0.240 e. The number of likely N-dealkylation sites (tertiary alicyclic amines) is 1. The van der Waals surface area contributed by atoms with Crippen LogP contribution in [-0.4, -0.2) is 48.4 Å². The lowest BCUT2D eigenvalue weighted by Crippen LogP contribution is -2.54. The zero-order valence-electron chi connectivity index (χ0n) is 11.2. The fourth-order valence-electron chi connectivity index (χ4n) is 2.94. The third-order valence-corrected chi connectivity index (χ3v) is 3.94. The summed E-state index contributed by atoms with van der Waals surface area (Å²) in [5.74, 6) is 0.607. The summed E-state index contributed by atoms with van der Waals surface area (Å²) in [6.07, 6.45) is 3.01. The van der Waals surface area contributed by atoms with Crippen molar-refractivity contribution in [1.82, 2.24) is 15.5 Å². The average molecular weight is 253 g/mol. The van der Waals surface area contributed by atoms with Crippen LogP contribution in [0.5, 0.6) is 0 Å². The lowest BCUT2D eigenvalue weighted by atomic mass is 9.99. The molecule has 102 valence electrons. The molecule has 0 bridgehead atoms. The molecule has 0 spiro atoms. The largest absolute Gasteiger partial charge is 0.352 e. The molecule has 2 amide bonds. The van der Waals surface area contributed by atoms with E-state index >= 15 is 0 Å². The molecular weight excluding hydrogens is 230 g/mol. The molecule has 2 N–H and O–H groups in total. The summed E-state index contributed by atoms with van der Waals surface area (Å²) < 4.78 is 0. The van der Waals surface area contributed by atoms with Crippen molar-refractivity contribution >= 4 is 11.8 Å². The lowest BCUT2D eigenvalue weighted by Gasteiger charge is -2.35. The minimum Gasteiger partial charge on any atom is -0.352 e. The molecule has 3 unspecified atom stereocenters. The third kappa shape index (κ3) is 3.02. The van der Waals surface area contributed by atoms with Gasteiger partial charge in [0.25, 0.3) is 0 Å². The number of amides is 2. The summed E-state index contributed by atoms with van der Waals surface area (Å²) in [7, 11) is 0. The topological polar surface area (TPSA) is 61.4 Å². The van der Waals surface area contributed by atoms with Crippen LogP contribution in [0.1, 0.15) is 33.1 Å². The molecule has 0 aromatic heterocycles. The van der Waals surface area contributed by atoms with Crippen LogP contribution in [0.3, 0.4) is 0 Å². The van der Waals surface area contributed by atoms with E-state index in [9.17, 15) is 9.59 Å². The Labute approximate surface area is 108 Å². The normalized spacial score (nSPS) is 32.3. The Bertz CT molecular complexity index is 332. The molecule has 0 aliphatic carbocycles. The van der Waals surface area contributed by atoms with Crippen LogP contribution >= 0.6 is 0 Å². The number of carbonyl (C=O) groups excluding carboxylic acids is 2. The van der Waals surface area contributed by atoms with E-state index in [2.05, 4.69) is 17.6 Å². The smallest absolute Gasteiger partial charge is 0.240 e. The van der Waals surface area contributed by atoms with E-state index in [1.165, 1.54) is 6.92 Å². The van der Waals surface area contributed by atoms with Crippen molar-refractivity contribution in [2.45, 2.75) is 45.2 Å². The first-order valence-corrected chi connectivity index (χ1v) is 6.87. The molecular formula is C13H23N3O2. The van der Waals surface area contributed by atoms with E-state index < -0.39 is 0 Å². The van der Waals surface area contributed by atoms with Crippen molar-refractivity contribution in [2.75, 3.05) is 19.6 Å². The predicted octanol–water partition coefficient (Wildman–Crippen LogP) is 0.112. The molecule has 2 aliphatic rings. The fraction of sp³-hybridized carbons (Fsp3) is 0.846. The zero-order chi connectivity index (χ0) is 13.1. The first-order valence-electron chi connectivity index (χ1n) is 6.87. The van der Waals surface area contributed by atoms with E-state index in [1.807, 2.05) is 4.90 Å². The van der Waals surface area contributed by atoms with Crippen LogP contribution in [-0.2, 0) is 9.59 Å². The zero-order valence-corrected chi connectivity index (χ0v) is 11.2. The van der Waals surface area contributed by atoms with E-state index in [0.717, 1.165) is 32.4 Å². The third-order valence-electron chi connectivity index (χ3n) is 3.94. The maximum absolute atomic E-state index is 12.4. The molecule has 0 saturated carbocycles. The SMILES string of the molecule is CC(=O)NC1CCCN(C(=O)C2NCCC2C)C1. The van der Waals surface area contributed by atoms with Gasteiger partial charge in [0.2, 0.25) is 11.8 Å². The Balaban J connectivity index is 1.91. The number of nitrogens with one attached hydrogen (secondary N) is 2. The molecule has 2 aliphatic heterocycles. The van der Waals surface area contributed by atoms with E-state index in [-0.39, 0.29) is 23.9 Å². The molecule has 3 atom stereocenters. The molecule has 5 heteroatoms. The van der Waals surface area contributed by atoms with Crippen LogP contribution in [0.25, 0.3) is 0 Å². The first-order chi connectivity index (χ1) is 8.58. The predicted molar refractivity (Wildman–Crippen MR) is 69.0 cm³/mol. The molecule has 0 aromatic carbocycles. The molecule has 2 fully saturated rings. The maximum atomic E-state index is 12.4. The van der Waals surface area contributed by atoms with Crippen molar-refractivity contribution in [1.29, 1.82) is 0 Å². The fourth-order valence-corrected chi connectivity index (χ4v) is 2.94. The molecule has 5 nitrogen and oxygen atoms in total. The molecule has 0 radical (unpaired) electrons. The Hall–Kier alpha value is -1.10. The van der Waals surface area contributed by atoms with Crippen LogP contribution in [0.15, 0.2) is 0 Å². The quantitative estimate of drug-likeness (QED) is 0.734. The number of hydrogen-bond donors (Lipinski definition) is 2. The van der Waals surface area contributed by atoms with Gasteiger partial charge >= 0.3 is 0 Å². The highest BCUT2D eigenvalue weighted by atomic mass is 16.2. The Morgan fingerprint density at radius 1 is 1.33 bits per heavy atom. The summed E-state index contributed by atoms with van der Waals surface area (Å²) in [5.41, 5.74) is 0. The van der Waals surface area contributed by atoms with Crippen LogP contribution in [0.4, 0.5) is 0 Å². The summed E-state index contributed by atoms with van der Waals surface area (Å²) in [5, 5.41) is 6.20. The monoisotopic (exact) mass is 253 g/mol. The number of piperidine rings is 1. The van der Waals surface area contributed by atoms with E-state index in [1.54, 1.807) is 0 Å². The number of rotatable bonds is 2. The Morgan fingerprint density at radius 2 is 2.11 bits per heavy atom. The van der Waals surface area contributed by atoms with Gasteiger partial charge in [-0.15, -0.1) is 0 Å². The molecule has 2 saturated heterocycles. The van der Waals surface area contributed by atoms with Gasteiger partial charge in [-0.1, -0.05) is 6.92 Å². The summed E-state index contributed by atoms with van der Waals surface area (Å²) >= 11 is 0. The Morgan fingerprint density at radius 3 is 2.72 bits per heavy atom.